The van der Waals surface area contributed by atoms with Crippen molar-refractivity contribution in [3.63, 3.8) is 0 Å². The smallest absolute Gasteiger partial charge is 0.308 e. The second-order valence-corrected chi connectivity index (χ2v) is 34.1. The van der Waals surface area contributed by atoms with Gasteiger partial charge in [0.25, 0.3) is 0 Å². The molecule has 0 aromatic rings. The molecule has 0 radical (unpaired) electrons. The van der Waals surface area contributed by atoms with Gasteiger partial charge in [0, 0.05) is 133 Å². The Labute approximate surface area is 728 Å². The fraction of sp³-hybridized carbons (Fsp3) is 0.938. The highest BCUT2D eigenvalue weighted by Crippen LogP contribution is 2.29. The average molecular weight is 1790 g/mol. The minimum atomic E-state index is -1.21. The number of hydrogen-bond acceptors (Lipinski definition) is 37. The maximum atomic E-state index is 12.6. The zero-order valence-corrected chi connectivity index (χ0v) is 76.6. The number of aliphatic hydroxyl groups is 9. The van der Waals surface area contributed by atoms with Crippen molar-refractivity contribution in [1.29, 1.82) is 0 Å². The van der Waals surface area contributed by atoms with Gasteiger partial charge in [0.1, 0.15) is 28.0 Å². The molecule has 43 nitrogen and oxygen atoms in total. The Kier molecular flexibility index (Phi) is 78.1. The molecule has 0 atom stereocenters. The van der Waals surface area contributed by atoms with E-state index in [0.717, 1.165) is 0 Å². The lowest BCUT2D eigenvalue weighted by Gasteiger charge is -2.33. The zero-order chi connectivity index (χ0) is 94.5. The van der Waals surface area contributed by atoms with Crippen LogP contribution in [0.4, 0.5) is 0 Å². The van der Waals surface area contributed by atoms with E-state index in [9.17, 15) is 24.0 Å². The maximum Gasteiger partial charge on any atom is 0.308 e. The lowest BCUT2D eigenvalue weighted by molar-refractivity contribution is -0.164. The van der Waals surface area contributed by atoms with Gasteiger partial charge in [-0.25, -0.2) is 0 Å². The van der Waals surface area contributed by atoms with Crippen LogP contribution in [0.15, 0.2) is 15.3 Å². The van der Waals surface area contributed by atoms with Crippen LogP contribution in [0.2, 0.25) is 0 Å². The molecule has 15 N–H and O–H groups in total. The number of nitrogens with zero attached hydrogens (tertiary/aromatic N) is 9. The SMILES string of the molecule is CC(C)(C)OC(=O)CC(COCCCN=[N+]=[N-])(COCCCN=[N+]=[N-])COCCCN=[N+]=[N-].CC(C)(C)OC(=O)CC(COCCCO)(COCCCO)COCCCO.CC(C)(C)OC(=O)CCOCC(N)(COCCC(=O)OC(C)(C)C)COCCC(=O)OC(C)(C)C.NC(CO)(CO)CO.NC(COCCCO)(COCCCO)COCCCO. The van der Waals surface area contributed by atoms with Gasteiger partial charge in [-0.1, -0.05) is 15.3 Å². The number of aliphatic hydroxyl groups excluding tert-OH is 9. The van der Waals surface area contributed by atoms with Crippen molar-refractivity contribution in [2.24, 2.45) is 43.4 Å². The summed E-state index contributed by atoms with van der Waals surface area (Å²) < 4.78 is 94.1. The van der Waals surface area contributed by atoms with E-state index in [0.29, 0.717) is 137 Å². The molecular weight excluding hydrogens is 1620 g/mol. The minimum absolute atomic E-state index is 0.00726. The molecule has 0 aliphatic heterocycles. The molecule has 0 heterocycles. The number of esters is 5. The van der Waals surface area contributed by atoms with Gasteiger partial charge in [-0.15, -0.1) is 0 Å². The standard InChI is InChI=1S/C25H47NO9.C19H35N9O5.C19H38O8.C13H29NO6.C4H11NO3/c1-22(2,3)33-19(27)10-13-30-16-25(26,17-31-14-11-20(28)34-23(4,5)6)18-32-15-12-21(29)35-24(7,8)9;1-18(2,3)33-17(29)13-19(14-30-10-4-7-23-26-20,15-31-11-5-8-24-27-21)16-32-12-6-9-25-28-22;1-18(2,3)27-17(23)13-19(14-24-10-4-7-20,15-25-11-5-8-21)16-26-12-6-9-22;14-13(10-18-7-1-4-15,11-19-8-2-5-16)12-20-9-3-6-17;5-4(1-6,2-7)3-8/h10-18,26H2,1-9H3;4-16H2,1-3H3;20-22H,4-16H2,1-3H3;15-17H,1-12,14H2;6-8H,1-3,5H2. The number of azide groups is 3. The van der Waals surface area contributed by atoms with Crippen LogP contribution in [-0.2, 0) is 104 Å². The van der Waals surface area contributed by atoms with Crippen molar-refractivity contribution in [2.75, 3.05) is 238 Å². The molecule has 0 aliphatic carbocycles. The molecule has 726 valence electrons. The second-order valence-electron chi connectivity index (χ2n) is 34.1. The summed E-state index contributed by atoms with van der Waals surface area (Å²) in [6.45, 7) is 32.7. The van der Waals surface area contributed by atoms with Gasteiger partial charge in [-0.2, -0.15) is 0 Å². The second kappa shape index (κ2) is 76.4. The average Bonchev–Trinajstić information content (AvgIpc) is 0.851. The molecule has 0 rings (SSSR count). The van der Waals surface area contributed by atoms with Crippen LogP contribution in [0, 0.1) is 10.8 Å². The molecule has 0 saturated carbocycles. The Hall–Kier alpha value is -5.68. The molecule has 0 aliphatic rings. The molecule has 0 fully saturated rings. The van der Waals surface area contributed by atoms with Gasteiger partial charge in [0.15, 0.2) is 0 Å². The summed E-state index contributed by atoms with van der Waals surface area (Å²) in [5.41, 5.74) is 35.3. The Morgan fingerprint density at radius 1 is 0.260 bits per heavy atom. The van der Waals surface area contributed by atoms with Gasteiger partial charge in [0.2, 0.25) is 0 Å². The molecule has 0 aromatic heterocycles. The number of ether oxygens (including phenoxy) is 17. The number of carbonyl (C=O) groups is 5. The summed E-state index contributed by atoms with van der Waals surface area (Å²) in [6.07, 6.45) is 5.08. The van der Waals surface area contributed by atoms with Crippen LogP contribution in [-0.4, -0.2) is 358 Å². The molecule has 0 aromatic carbocycles. The quantitative estimate of drug-likeness (QED) is 0.00926. The first-order chi connectivity index (χ1) is 57.7. The molecule has 0 bridgehead atoms. The summed E-state index contributed by atoms with van der Waals surface area (Å²) in [5, 5.41) is 88.3. The van der Waals surface area contributed by atoms with E-state index < -0.39 is 81.2 Å². The van der Waals surface area contributed by atoms with E-state index in [1.165, 1.54) is 0 Å². The maximum absolute atomic E-state index is 12.6. The van der Waals surface area contributed by atoms with Crippen LogP contribution in [0.1, 0.15) is 194 Å². The third kappa shape index (κ3) is 88.2. The summed E-state index contributed by atoms with van der Waals surface area (Å²) in [7, 11) is 0. The first-order valence-electron chi connectivity index (χ1n) is 41.6. The molecule has 0 amide bonds. The molecule has 0 spiro atoms. The Morgan fingerprint density at radius 2 is 0.431 bits per heavy atom. The number of carbonyl (C=O) groups excluding carboxylic acids is 5. The van der Waals surface area contributed by atoms with Crippen molar-refractivity contribution in [3.05, 3.63) is 31.3 Å². The lowest BCUT2D eigenvalue weighted by atomic mass is 9.86. The van der Waals surface area contributed by atoms with Gasteiger partial charge in [0.05, 0.1) is 178 Å². The summed E-state index contributed by atoms with van der Waals surface area (Å²) >= 11 is 0. The van der Waals surface area contributed by atoms with Crippen LogP contribution < -0.4 is 17.2 Å². The largest absolute Gasteiger partial charge is 0.460 e. The van der Waals surface area contributed by atoms with Crippen molar-refractivity contribution >= 4 is 29.8 Å². The van der Waals surface area contributed by atoms with Gasteiger partial charge in [-0.3, -0.25) is 24.0 Å². The molecular formula is C80H160N12O31. The monoisotopic (exact) mass is 1790 g/mol. The van der Waals surface area contributed by atoms with E-state index in [2.05, 4.69) is 30.1 Å². The summed E-state index contributed by atoms with van der Waals surface area (Å²) in [5.74, 6) is -1.90. The highest BCUT2D eigenvalue weighted by molar-refractivity contribution is 5.72. The van der Waals surface area contributed by atoms with E-state index in [1.807, 2.05) is 0 Å². The van der Waals surface area contributed by atoms with E-state index in [-0.39, 0.29) is 195 Å². The highest BCUT2D eigenvalue weighted by atomic mass is 16.6. The van der Waals surface area contributed by atoms with Crippen LogP contribution in [0.25, 0.3) is 31.3 Å². The Balaban J connectivity index is -0.000000495. The summed E-state index contributed by atoms with van der Waals surface area (Å²) in [4.78, 5) is 68.8. The van der Waals surface area contributed by atoms with E-state index in [4.69, 9.17) is 160 Å². The van der Waals surface area contributed by atoms with Crippen molar-refractivity contribution in [1.82, 2.24) is 0 Å². The van der Waals surface area contributed by atoms with E-state index >= 15 is 0 Å². The topological polar surface area (TPSA) is 649 Å². The Bertz CT molecular complexity index is 2530. The van der Waals surface area contributed by atoms with Crippen LogP contribution >= 0.6 is 0 Å². The van der Waals surface area contributed by atoms with Gasteiger partial charge < -0.3 is 144 Å². The third-order valence-electron chi connectivity index (χ3n) is 14.7. The first kappa shape index (κ1) is 126. The summed E-state index contributed by atoms with van der Waals surface area (Å²) in [6, 6.07) is 0. The van der Waals surface area contributed by atoms with Crippen molar-refractivity contribution in [3.8, 4) is 0 Å². The van der Waals surface area contributed by atoms with E-state index in [1.54, 1.807) is 104 Å². The molecule has 123 heavy (non-hydrogen) atoms. The third-order valence-corrected chi connectivity index (χ3v) is 14.7. The number of nitrogens with two attached hydrogens (primary N) is 3. The Morgan fingerprint density at radius 3 is 0.593 bits per heavy atom. The normalized spacial score (nSPS) is 12.5. The molecule has 0 saturated heterocycles. The van der Waals surface area contributed by atoms with Crippen molar-refractivity contribution < 1.29 is 150 Å². The first-order valence-corrected chi connectivity index (χ1v) is 41.6. The fourth-order valence-electron chi connectivity index (χ4n) is 9.20. The highest BCUT2D eigenvalue weighted by Gasteiger charge is 2.39. The van der Waals surface area contributed by atoms with Gasteiger partial charge in [-0.05, 0) is 178 Å². The lowest BCUT2D eigenvalue weighted by Crippen LogP contribution is -2.53. The predicted octanol–water partition coefficient (Wildman–Crippen LogP) is 5.23. The fourth-order valence-corrected chi connectivity index (χ4v) is 9.20. The zero-order valence-electron chi connectivity index (χ0n) is 76.6. The molecule has 43 heteroatoms. The minimum Gasteiger partial charge on any atom is -0.460 e. The van der Waals surface area contributed by atoms with Crippen LogP contribution in [0.3, 0.4) is 0 Å². The van der Waals surface area contributed by atoms with Crippen LogP contribution in [0.5, 0.6) is 0 Å². The number of rotatable bonds is 70. The van der Waals surface area contributed by atoms with Crippen molar-refractivity contribution in [2.45, 2.75) is 238 Å². The molecule has 0 unspecified atom stereocenters. The predicted molar refractivity (Wildman–Crippen MR) is 455 cm³/mol. The number of hydrogen-bond donors (Lipinski definition) is 12. The van der Waals surface area contributed by atoms with Gasteiger partial charge >= 0.3 is 29.8 Å².